The number of ether oxygens (including phenoxy) is 1. The van der Waals surface area contributed by atoms with Crippen molar-refractivity contribution in [1.82, 2.24) is 5.32 Å². The highest BCUT2D eigenvalue weighted by molar-refractivity contribution is 5.76. The molecule has 1 unspecified atom stereocenters. The SMILES string of the molecule is COCCC(C)NC(=O)CCc1cccc(N)c1. The molecule has 0 spiro atoms. The Bertz CT molecular complexity index is 380. The summed E-state index contributed by atoms with van der Waals surface area (Å²) in [6.45, 7) is 2.65. The molecule has 1 rings (SSSR count). The van der Waals surface area contributed by atoms with Crippen LogP contribution in [0, 0.1) is 0 Å². The molecule has 1 atom stereocenters. The monoisotopic (exact) mass is 250 g/mol. The number of nitrogens with one attached hydrogen (secondary N) is 1. The lowest BCUT2D eigenvalue weighted by Gasteiger charge is -2.13. The maximum atomic E-state index is 11.7. The first-order valence-corrected chi connectivity index (χ1v) is 6.24. The Hall–Kier alpha value is -1.55. The summed E-state index contributed by atoms with van der Waals surface area (Å²) in [5.74, 6) is 0.0704. The summed E-state index contributed by atoms with van der Waals surface area (Å²) in [5, 5.41) is 2.95. The Morgan fingerprint density at radius 2 is 2.28 bits per heavy atom. The van der Waals surface area contributed by atoms with Crippen LogP contribution in [0.3, 0.4) is 0 Å². The third-order valence-electron chi connectivity index (χ3n) is 2.75. The van der Waals surface area contributed by atoms with E-state index in [0.717, 1.165) is 17.7 Å². The molecule has 18 heavy (non-hydrogen) atoms. The predicted molar refractivity (Wildman–Crippen MR) is 73.3 cm³/mol. The van der Waals surface area contributed by atoms with Gasteiger partial charge in [0.05, 0.1) is 0 Å². The average molecular weight is 250 g/mol. The topological polar surface area (TPSA) is 64.3 Å². The Morgan fingerprint density at radius 3 is 2.94 bits per heavy atom. The largest absolute Gasteiger partial charge is 0.399 e. The fraction of sp³-hybridized carbons (Fsp3) is 0.500. The molecule has 0 heterocycles. The predicted octanol–water partition coefficient (Wildman–Crippen LogP) is 1.74. The minimum atomic E-state index is 0.0704. The van der Waals surface area contributed by atoms with Gasteiger partial charge in [0.25, 0.3) is 0 Å². The van der Waals surface area contributed by atoms with Gasteiger partial charge in [-0.3, -0.25) is 4.79 Å². The summed E-state index contributed by atoms with van der Waals surface area (Å²) in [6, 6.07) is 7.79. The van der Waals surface area contributed by atoms with E-state index in [2.05, 4.69) is 5.32 Å². The number of anilines is 1. The van der Waals surface area contributed by atoms with Crippen molar-refractivity contribution in [3.63, 3.8) is 0 Å². The fourth-order valence-electron chi connectivity index (χ4n) is 1.72. The lowest BCUT2D eigenvalue weighted by molar-refractivity contribution is -0.121. The molecule has 0 saturated carbocycles. The van der Waals surface area contributed by atoms with Crippen LogP contribution in [0.15, 0.2) is 24.3 Å². The second-order valence-corrected chi connectivity index (χ2v) is 4.50. The van der Waals surface area contributed by atoms with Gasteiger partial charge < -0.3 is 15.8 Å². The van der Waals surface area contributed by atoms with Gasteiger partial charge in [0.1, 0.15) is 0 Å². The van der Waals surface area contributed by atoms with Crippen LogP contribution in [0.1, 0.15) is 25.3 Å². The van der Waals surface area contributed by atoms with Gasteiger partial charge in [0, 0.05) is 31.9 Å². The first-order valence-electron chi connectivity index (χ1n) is 6.24. The summed E-state index contributed by atoms with van der Waals surface area (Å²) < 4.78 is 4.97. The van der Waals surface area contributed by atoms with Crippen LogP contribution in [-0.4, -0.2) is 25.7 Å². The Kier molecular flexibility index (Phi) is 6.22. The summed E-state index contributed by atoms with van der Waals surface area (Å²) in [7, 11) is 1.66. The van der Waals surface area contributed by atoms with Crippen LogP contribution in [0.25, 0.3) is 0 Å². The van der Waals surface area contributed by atoms with Crippen LogP contribution in [0.5, 0.6) is 0 Å². The molecule has 0 aliphatic heterocycles. The maximum Gasteiger partial charge on any atom is 0.220 e. The molecular formula is C14H22N2O2. The molecule has 0 fully saturated rings. The number of rotatable bonds is 7. The number of benzene rings is 1. The number of nitrogens with two attached hydrogens (primary N) is 1. The van der Waals surface area contributed by atoms with Gasteiger partial charge in [-0.1, -0.05) is 12.1 Å². The number of carbonyl (C=O) groups is 1. The molecule has 1 amide bonds. The highest BCUT2D eigenvalue weighted by atomic mass is 16.5. The summed E-state index contributed by atoms with van der Waals surface area (Å²) in [5.41, 5.74) is 7.52. The molecule has 0 saturated heterocycles. The van der Waals surface area contributed by atoms with Crippen molar-refractivity contribution in [1.29, 1.82) is 0 Å². The number of methoxy groups -OCH3 is 1. The third kappa shape index (κ3) is 5.68. The second kappa shape index (κ2) is 7.71. The molecule has 100 valence electrons. The molecule has 0 aliphatic rings. The van der Waals surface area contributed by atoms with Gasteiger partial charge in [0.15, 0.2) is 0 Å². The first kappa shape index (κ1) is 14.5. The number of nitrogen functional groups attached to an aromatic ring is 1. The van der Waals surface area contributed by atoms with Crippen molar-refractivity contribution >= 4 is 11.6 Å². The number of hydrogen-bond donors (Lipinski definition) is 2. The minimum Gasteiger partial charge on any atom is -0.399 e. The Labute approximate surface area is 109 Å². The van der Waals surface area contributed by atoms with Crippen LogP contribution in [0.4, 0.5) is 5.69 Å². The zero-order valence-electron chi connectivity index (χ0n) is 11.1. The summed E-state index contributed by atoms with van der Waals surface area (Å²) >= 11 is 0. The van der Waals surface area contributed by atoms with Gasteiger partial charge >= 0.3 is 0 Å². The van der Waals surface area contributed by atoms with Crippen molar-refractivity contribution < 1.29 is 9.53 Å². The van der Waals surface area contributed by atoms with Gasteiger partial charge in [-0.05, 0) is 37.5 Å². The number of aryl methyl sites for hydroxylation is 1. The van der Waals surface area contributed by atoms with E-state index in [1.807, 2.05) is 31.2 Å². The normalized spacial score (nSPS) is 12.1. The second-order valence-electron chi connectivity index (χ2n) is 4.50. The zero-order valence-corrected chi connectivity index (χ0v) is 11.1. The van der Waals surface area contributed by atoms with Gasteiger partial charge in [0.2, 0.25) is 5.91 Å². The van der Waals surface area contributed by atoms with E-state index < -0.39 is 0 Å². The van der Waals surface area contributed by atoms with Crippen LogP contribution < -0.4 is 11.1 Å². The fourth-order valence-corrected chi connectivity index (χ4v) is 1.72. The van der Waals surface area contributed by atoms with E-state index in [1.54, 1.807) is 7.11 Å². The molecule has 0 aliphatic carbocycles. The lowest BCUT2D eigenvalue weighted by Crippen LogP contribution is -2.33. The van der Waals surface area contributed by atoms with Crippen LogP contribution in [-0.2, 0) is 16.0 Å². The van der Waals surface area contributed by atoms with Crippen LogP contribution in [0.2, 0.25) is 0 Å². The smallest absolute Gasteiger partial charge is 0.220 e. The lowest BCUT2D eigenvalue weighted by atomic mass is 10.1. The van der Waals surface area contributed by atoms with E-state index in [4.69, 9.17) is 10.5 Å². The standard InChI is InChI=1S/C14H22N2O2/c1-11(8-9-18-2)16-14(17)7-6-12-4-3-5-13(15)10-12/h3-5,10-11H,6-9,15H2,1-2H3,(H,16,17). The van der Waals surface area contributed by atoms with E-state index in [1.165, 1.54) is 0 Å². The van der Waals surface area contributed by atoms with Gasteiger partial charge in [-0.15, -0.1) is 0 Å². The van der Waals surface area contributed by atoms with E-state index in [0.29, 0.717) is 19.4 Å². The first-order chi connectivity index (χ1) is 8.61. The van der Waals surface area contributed by atoms with E-state index in [9.17, 15) is 4.79 Å². The molecule has 0 aromatic heterocycles. The average Bonchev–Trinajstić information content (AvgIpc) is 2.34. The minimum absolute atomic E-state index is 0.0704. The van der Waals surface area contributed by atoms with Crippen molar-refractivity contribution in [2.24, 2.45) is 0 Å². The van der Waals surface area contributed by atoms with Crippen molar-refractivity contribution in [2.75, 3.05) is 19.5 Å². The molecule has 3 N–H and O–H groups in total. The molecular weight excluding hydrogens is 228 g/mol. The zero-order chi connectivity index (χ0) is 13.4. The summed E-state index contributed by atoms with van der Waals surface area (Å²) in [4.78, 5) is 11.7. The Morgan fingerprint density at radius 1 is 1.50 bits per heavy atom. The van der Waals surface area contributed by atoms with Crippen molar-refractivity contribution in [3.05, 3.63) is 29.8 Å². The summed E-state index contributed by atoms with van der Waals surface area (Å²) in [6.07, 6.45) is 2.04. The molecule has 1 aromatic carbocycles. The Balaban J connectivity index is 2.28. The van der Waals surface area contributed by atoms with Crippen molar-refractivity contribution in [3.8, 4) is 0 Å². The number of hydrogen-bond acceptors (Lipinski definition) is 3. The molecule has 1 aromatic rings. The number of carbonyl (C=O) groups excluding carboxylic acids is 1. The molecule has 0 bridgehead atoms. The van der Waals surface area contributed by atoms with Gasteiger partial charge in [-0.2, -0.15) is 0 Å². The van der Waals surface area contributed by atoms with Gasteiger partial charge in [-0.25, -0.2) is 0 Å². The quantitative estimate of drug-likeness (QED) is 0.724. The highest BCUT2D eigenvalue weighted by Crippen LogP contribution is 2.08. The maximum absolute atomic E-state index is 11.7. The highest BCUT2D eigenvalue weighted by Gasteiger charge is 2.07. The van der Waals surface area contributed by atoms with E-state index >= 15 is 0 Å². The van der Waals surface area contributed by atoms with Crippen molar-refractivity contribution in [2.45, 2.75) is 32.2 Å². The molecule has 4 nitrogen and oxygen atoms in total. The molecule has 0 radical (unpaired) electrons. The van der Waals surface area contributed by atoms with Crippen LogP contribution >= 0.6 is 0 Å². The third-order valence-corrected chi connectivity index (χ3v) is 2.75. The number of amides is 1. The van der Waals surface area contributed by atoms with E-state index in [-0.39, 0.29) is 11.9 Å². The molecule has 4 heteroatoms.